The van der Waals surface area contributed by atoms with Crippen LogP contribution in [0, 0.1) is 19.3 Å². The average Bonchev–Trinajstić information content (AvgIpc) is 3.15. The zero-order chi connectivity index (χ0) is 20.1. The number of carbonyl (C=O) groups is 2. The van der Waals surface area contributed by atoms with E-state index < -0.39 is 17.3 Å². The second kappa shape index (κ2) is 8.48. The number of aliphatic carboxylic acids is 1. The molecule has 2 heterocycles. The predicted octanol–water partition coefficient (Wildman–Crippen LogP) is 3.09. The Morgan fingerprint density at radius 1 is 1.18 bits per heavy atom. The van der Waals surface area contributed by atoms with Gasteiger partial charge in [-0.2, -0.15) is 0 Å². The Kier molecular flexibility index (Phi) is 6.04. The van der Waals surface area contributed by atoms with E-state index in [2.05, 4.69) is 5.32 Å². The molecule has 3 rings (SSSR count). The molecule has 1 fully saturated rings. The standard InChI is InChI=1S/C21H25NO6/c1-14-3-5-17(15(2)11-14)27-12-16-4-6-18(28-16)19(23)22-13-21(20(24)25)7-9-26-10-8-21/h3-6,11H,7-10,12-13H2,1-2H3,(H,22,23)(H,24,25). The highest BCUT2D eigenvalue weighted by Crippen LogP contribution is 2.30. The monoisotopic (exact) mass is 387 g/mol. The van der Waals surface area contributed by atoms with Crippen LogP contribution in [0.4, 0.5) is 0 Å². The maximum absolute atomic E-state index is 12.4. The minimum Gasteiger partial charge on any atom is -0.485 e. The lowest BCUT2D eigenvalue weighted by atomic mass is 9.80. The average molecular weight is 387 g/mol. The molecular formula is C21H25NO6. The van der Waals surface area contributed by atoms with Gasteiger partial charge in [0.05, 0.1) is 5.41 Å². The number of aryl methyl sites for hydroxylation is 2. The van der Waals surface area contributed by atoms with Crippen molar-refractivity contribution >= 4 is 11.9 Å². The third kappa shape index (κ3) is 4.54. The van der Waals surface area contributed by atoms with E-state index in [4.69, 9.17) is 13.9 Å². The summed E-state index contributed by atoms with van der Waals surface area (Å²) in [6.07, 6.45) is 0.742. The number of benzene rings is 1. The number of ether oxygens (including phenoxy) is 2. The largest absolute Gasteiger partial charge is 0.485 e. The molecule has 1 aliphatic rings. The van der Waals surface area contributed by atoms with E-state index >= 15 is 0 Å². The molecule has 0 atom stereocenters. The van der Waals surface area contributed by atoms with Crippen LogP contribution in [0.1, 0.15) is 40.3 Å². The van der Waals surface area contributed by atoms with Crippen LogP contribution in [0.25, 0.3) is 0 Å². The van der Waals surface area contributed by atoms with Gasteiger partial charge in [0.15, 0.2) is 5.76 Å². The Morgan fingerprint density at radius 2 is 1.93 bits per heavy atom. The Labute approximate surface area is 163 Å². The van der Waals surface area contributed by atoms with Crippen LogP contribution in [0.5, 0.6) is 5.75 Å². The van der Waals surface area contributed by atoms with Crippen molar-refractivity contribution in [3.8, 4) is 5.75 Å². The minimum absolute atomic E-state index is 0.0413. The summed E-state index contributed by atoms with van der Waals surface area (Å²) in [6.45, 7) is 4.99. The van der Waals surface area contributed by atoms with Crippen molar-refractivity contribution in [2.24, 2.45) is 5.41 Å². The Bertz CT molecular complexity index is 850. The zero-order valence-corrected chi connectivity index (χ0v) is 16.1. The van der Waals surface area contributed by atoms with Crippen LogP contribution in [0.2, 0.25) is 0 Å². The Morgan fingerprint density at radius 3 is 2.61 bits per heavy atom. The second-order valence-corrected chi connectivity index (χ2v) is 7.20. The van der Waals surface area contributed by atoms with Crippen molar-refractivity contribution in [2.75, 3.05) is 19.8 Å². The molecule has 1 saturated heterocycles. The van der Waals surface area contributed by atoms with E-state index in [1.165, 1.54) is 0 Å². The molecule has 0 bridgehead atoms. The number of amides is 1. The molecule has 0 saturated carbocycles. The number of carboxylic acid groups (broad SMARTS) is 1. The first-order valence-corrected chi connectivity index (χ1v) is 9.28. The topological polar surface area (TPSA) is 98.0 Å². The van der Waals surface area contributed by atoms with Gasteiger partial charge in [-0.1, -0.05) is 17.7 Å². The van der Waals surface area contributed by atoms with Gasteiger partial charge in [-0.15, -0.1) is 0 Å². The molecule has 0 unspecified atom stereocenters. The Hall–Kier alpha value is -2.80. The second-order valence-electron chi connectivity index (χ2n) is 7.20. The molecule has 1 aliphatic heterocycles. The molecule has 1 aromatic carbocycles. The fourth-order valence-corrected chi connectivity index (χ4v) is 3.25. The SMILES string of the molecule is Cc1ccc(OCc2ccc(C(=O)NCC3(C(=O)O)CCOCC3)o2)c(C)c1. The molecule has 1 amide bonds. The number of carboxylic acids is 1. The number of hydrogen-bond donors (Lipinski definition) is 2. The predicted molar refractivity (Wildman–Crippen MR) is 101 cm³/mol. The highest BCUT2D eigenvalue weighted by Gasteiger charge is 2.40. The van der Waals surface area contributed by atoms with Crippen molar-refractivity contribution < 1.29 is 28.6 Å². The summed E-state index contributed by atoms with van der Waals surface area (Å²) in [6, 6.07) is 9.15. The van der Waals surface area contributed by atoms with E-state index in [-0.39, 0.29) is 18.9 Å². The number of hydrogen-bond acceptors (Lipinski definition) is 5. The fraction of sp³-hybridized carbons (Fsp3) is 0.429. The van der Waals surface area contributed by atoms with E-state index in [1.54, 1.807) is 12.1 Å². The molecule has 0 aliphatic carbocycles. The van der Waals surface area contributed by atoms with Crippen molar-refractivity contribution in [3.63, 3.8) is 0 Å². The van der Waals surface area contributed by atoms with Crippen LogP contribution in [-0.2, 0) is 16.1 Å². The van der Waals surface area contributed by atoms with Crippen molar-refractivity contribution in [3.05, 3.63) is 53.0 Å². The van der Waals surface area contributed by atoms with Gasteiger partial charge in [0.2, 0.25) is 0 Å². The van der Waals surface area contributed by atoms with E-state index in [1.807, 2.05) is 32.0 Å². The lowest BCUT2D eigenvalue weighted by Crippen LogP contribution is -2.46. The van der Waals surface area contributed by atoms with Gasteiger partial charge >= 0.3 is 5.97 Å². The molecule has 2 N–H and O–H groups in total. The maximum atomic E-state index is 12.4. The highest BCUT2D eigenvalue weighted by atomic mass is 16.5. The lowest BCUT2D eigenvalue weighted by molar-refractivity contribution is -0.154. The normalized spacial score (nSPS) is 15.8. The minimum atomic E-state index is -0.991. The molecule has 2 aromatic rings. The molecule has 28 heavy (non-hydrogen) atoms. The molecule has 1 aromatic heterocycles. The first-order chi connectivity index (χ1) is 13.4. The third-order valence-corrected chi connectivity index (χ3v) is 5.08. The summed E-state index contributed by atoms with van der Waals surface area (Å²) in [5.41, 5.74) is 1.19. The number of nitrogens with one attached hydrogen (secondary N) is 1. The number of furan rings is 1. The molecule has 7 heteroatoms. The van der Waals surface area contributed by atoms with Gasteiger partial charge < -0.3 is 24.3 Å². The van der Waals surface area contributed by atoms with Crippen LogP contribution in [0.15, 0.2) is 34.7 Å². The summed E-state index contributed by atoms with van der Waals surface area (Å²) < 4.78 is 16.6. The number of carbonyl (C=O) groups excluding carboxylic acids is 1. The molecule has 150 valence electrons. The summed E-state index contributed by atoms with van der Waals surface area (Å²) in [5, 5.41) is 12.2. The summed E-state index contributed by atoms with van der Waals surface area (Å²) in [4.78, 5) is 24.0. The lowest BCUT2D eigenvalue weighted by Gasteiger charge is -2.32. The van der Waals surface area contributed by atoms with Gasteiger partial charge in [-0.05, 0) is 50.5 Å². The van der Waals surface area contributed by atoms with Crippen LogP contribution >= 0.6 is 0 Å². The molecule has 0 radical (unpaired) electrons. The smallest absolute Gasteiger partial charge is 0.311 e. The van der Waals surface area contributed by atoms with E-state index in [9.17, 15) is 14.7 Å². The molecule has 0 spiro atoms. The maximum Gasteiger partial charge on any atom is 0.311 e. The van der Waals surface area contributed by atoms with Gasteiger partial charge in [0, 0.05) is 19.8 Å². The first kappa shape index (κ1) is 19.9. The van der Waals surface area contributed by atoms with Crippen molar-refractivity contribution in [2.45, 2.75) is 33.3 Å². The zero-order valence-electron chi connectivity index (χ0n) is 16.1. The highest BCUT2D eigenvalue weighted by molar-refractivity contribution is 5.92. The number of rotatable bonds is 7. The van der Waals surface area contributed by atoms with Gasteiger partial charge in [-0.3, -0.25) is 9.59 Å². The first-order valence-electron chi connectivity index (χ1n) is 9.28. The van der Waals surface area contributed by atoms with Gasteiger partial charge in [0.1, 0.15) is 18.1 Å². The van der Waals surface area contributed by atoms with Crippen LogP contribution in [-0.4, -0.2) is 36.7 Å². The fourth-order valence-electron chi connectivity index (χ4n) is 3.25. The summed E-state index contributed by atoms with van der Waals surface area (Å²) in [7, 11) is 0. The van der Waals surface area contributed by atoms with Crippen LogP contribution in [0.3, 0.4) is 0 Å². The van der Waals surface area contributed by atoms with Gasteiger partial charge in [-0.25, -0.2) is 0 Å². The summed E-state index contributed by atoms with van der Waals surface area (Å²) in [5.74, 6) is 0.0508. The quantitative estimate of drug-likeness (QED) is 0.758. The van der Waals surface area contributed by atoms with Gasteiger partial charge in [0.25, 0.3) is 5.91 Å². The molecule has 7 nitrogen and oxygen atoms in total. The Balaban J connectivity index is 1.57. The van der Waals surface area contributed by atoms with E-state index in [0.29, 0.717) is 31.8 Å². The van der Waals surface area contributed by atoms with Crippen LogP contribution < -0.4 is 10.1 Å². The summed E-state index contributed by atoms with van der Waals surface area (Å²) >= 11 is 0. The molecular weight excluding hydrogens is 362 g/mol. The van der Waals surface area contributed by atoms with Crippen molar-refractivity contribution in [1.82, 2.24) is 5.32 Å². The third-order valence-electron chi connectivity index (χ3n) is 5.08. The van der Waals surface area contributed by atoms with Crippen molar-refractivity contribution in [1.29, 1.82) is 0 Å². The van der Waals surface area contributed by atoms with E-state index in [0.717, 1.165) is 16.9 Å².